The molecule has 0 saturated carbocycles. The highest BCUT2D eigenvalue weighted by atomic mass is 16.4. The fraction of sp³-hybridized carbons (Fsp3) is 0.357. The summed E-state index contributed by atoms with van der Waals surface area (Å²) in [5.74, 6) is -1.52. The molecule has 5 heteroatoms. The summed E-state index contributed by atoms with van der Waals surface area (Å²) in [6.45, 7) is 4.41. The van der Waals surface area contributed by atoms with Crippen LogP contribution >= 0.6 is 0 Å². The molecular weight excluding hydrogens is 246 g/mol. The van der Waals surface area contributed by atoms with E-state index in [1.54, 1.807) is 24.3 Å². The van der Waals surface area contributed by atoms with Gasteiger partial charge in [-0.1, -0.05) is 12.1 Å². The van der Waals surface area contributed by atoms with E-state index in [1.807, 2.05) is 0 Å². The number of hydrogen-bond acceptors (Lipinski definition) is 3. The first-order valence-corrected chi connectivity index (χ1v) is 5.86. The molecule has 0 aliphatic rings. The SMILES string of the molecule is CC(=O)c1cccc(NC(=O)CC(C)(C)C(=O)O)c1. The number of carboxylic acid groups (broad SMARTS) is 1. The van der Waals surface area contributed by atoms with Crippen LogP contribution in [0.2, 0.25) is 0 Å². The second kappa shape index (κ2) is 5.65. The zero-order valence-corrected chi connectivity index (χ0v) is 11.2. The fourth-order valence-corrected chi connectivity index (χ4v) is 1.50. The predicted octanol–water partition coefficient (Wildman–Crippen LogP) is 2.33. The third-order valence-corrected chi connectivity index (χ3v) is 2.73. The first kappa shape index (κ1) is 14.9. The van der Waals surface area contributed by atoms with Gasteiger partial charge in [0.1, 0.15) is 0 Å². The number of hydrogen-bond donors (Lipinski definition) is 2. The normalized spacial score (nSPS) is 10.9. The van der Waals surface area contributed by atoms with Crippen LogP contribution in [0.4, 0.5) is 5.69 Å². The van der Waals surface area contributed by atoms with Crippen LogP contribution in [0.5, 0.6) is 0 Å². The van der Waals surface area contributed by atoms with Gasteiger partial charge in [-0.3, -0.25) is 14.4 Å². The number of carboxylic acids is 1. The molecule has 0 atom stereocenters. The number of carbonyl (C=O) groups is 3. The van der Waals surface area contributed by atoms with E-state index in [0.29, 0.717) is 11.3 Å². The number of rotatable bonds is 5. The van der Waals surface area contributed by atoms with Crippen molar-refractivity contribution in [2.45, 2.75) is 27.2 Å². The maximum atomic E-state index is 11.8. The fourth-order valence-electron chi connectivity index (χ4n) is 1.50. The molecule has 0 aromatic heterocycles. The average Bonchev–Trinajstić information content (AvgIpc) is 2.28. The van der Waals surface area contributed by atoms with Crippen LogP contribution in [0.3, 0.4) is 0 Å². The van der Waals surface area contributed by atoms with Crippen molar-refractivity contribution in [3.05, 3.63) is 29.8 Å². The van der Waals surface area contributed by atoms with Gasteiger partial charge in [0.2, 0.25) is 5.91 Å². The van der Waals surface area contributed by atoms with Gasteiger partial charge >= 0.3 is 5.97 Å². The highest BCUT2D eigenvalue weighted by Gasteiger charge is 2.30. The maximum absolute atomic E-state index is 11.8. The number of aliphatic carboxylic acids is 1. The summed E-state index contributed by atoms with van der Waals surface area (Å²) in [6, 6.07) is 6.53. The Kier molecular flexibility index (Phi) is 4.43. The summed E-state index contributed by atoms with van der Waals surface area (Å²) in [4.78, 5) is 33.9. The predicted molar refractivity (Wildman–Crippen MR) is 71.1 cm³/mol. The Morgan fingerprint density at radius 3 is 2.42 bits per heavy atom. The summed E-state index contributed by atoms with van der Waals surface area (Å²) >= 11 is 0. The van der Waals surface area contributed by atoms with Crippen molar-refractivity contribution in [1.29, 1.82) is 0 Å². The molecule has 0 heterocycles. The van der Waals surface area contributed by atoms with Crippen molar-refractivity contribution in [3.8, 4) is 0 Å². The second-order valence-corrected chi connectivity index (χ2v) is 5.05. The van der Waals surface area contributed by atoms with Crippen molar-refractivity contribution < 1.29 is 19.5 Å². The molecule has 0 saturated heterocycles. The number of anilines is 1. The van der Waals surface area contributed by atoms with Gasteiger partial charge in [0.15, 0.2) is 5.78 Å². The number of carbonyl (C=O) groups excluding carboxylic acids is 2. The number of nitrogens with one attached hydrogen (secondary N) is 1. The number of amides is 1. The minimum absolute atomic E-state index is 0.0954. The standard InChI is InChI=1S/C14H17NO4/c1-9(16)10-5-4-6-11(7-10)15-12(17)8-14(2,3)13(18)19/h4-7H,8H2,1-3H3,(H,15,17)(H,18,19). The summed E-state index contributed by atoms with van der Waals surface area (Å²) in [7, 11) is 0. The number of ketones is 1. The van der Waals surface area contributed by atoms with Crippen molar-refractivity contribution in [3.63, 3.8) is 0 Å². The molecule has 102 valence electrons. The Balaban J connectivity index is 2.75. The molecule has 2 N–H and O–H groups in total. The minimum Gasteiger partial charge on any atom is -0.481 e. The lowest BCUT2D eigenvalue weighted by Crippen LogP contribution is -2.29. The topological polar surface area (TPSA) is 83.5 Å². The van der Waals surface area contributed by atoms with Crippen LogP contribution in [0.1, 0.15) is 37.6 Å². The Bertz CT molecular complexity index is 520. The van der Waals surface area contributed by atoms with Crippen LogP contribution in [-0.2, 0) is 9.59 Å². The third kappa shape index (κ3) is 4.21. The van der Waals surface area contributed by atoms with Crippen LogP contribution in [0.15, 0.2) is 24.3 Å². The Morgan fingerprint density at radius 2 is 1.89 bits per heavy atom. The highest BCUT2D eigenvalue weighted by molar-refractivity contribution is 5.98. The lowest BCUT2D eigenvalue weighted by Gasteiger charge is -2.18. The zero-order valence-electron chi connectivity index (χ0n) is 11.2. The van der Waals surface area contributed by atoms with Gasteiger partial charge in [-0.05, 0) is 32.9 Å². The summed E-state index contributed by atoms with van der Waals surface area (Å²) in [6.07, 6.45) is -0.132. The molecule has 19 heavy (non-hydrogen) atoms. The van der Waals surface area contributed by atoms with Crippen molar-refractivity contribution in [2.24, 2.45) is 5.41 Å². The number of benzene rings is 1. The van der Waals surface area contributed by atoms with Crippen molar-refractivity contribution >= 4 is 23.3 Å². The van der Waals surface area contributed by atoms with E-state index in [4.69, 9.17) is 5.11 Å². The Hall–Kier alpha value is -2.17. The molecule has 5 nitrogen and oxygen atoms in total. The van der Waals surface area contributed by atoms with Crippen molar-refractivity contribution in [1.82, 2.24) is 0 Å². The lowest BCUT2D eigenvalue weighted by atomic mass is 9.89. The Labute approximate surface area is 111 Å². The zero-order chi connectivity index (χ0) is 14.6. The van der Waals surface area contributed by atoms with Gasteiger partial charge in [0.25, 0.3) is 0 Å². The molecule has 0 aliphatic carbocycles. The number of Topliss-reactive ketones (excluding diaryl/α,β-unsaturated/α-hetero) is 1. The van der Waals surface area contributed by atoms with Crippen LogP contribution < -0.4 is 5.32 Å². The van der Waals surface area contributed by atoms with Gasteiger partial charge in [0, 0.05) is 17.7 Å². The van der Waals surface area contributed by atoms with E-state index < -0.39 is 17.3 Å². The largest absolute Gasteiger partial charge is 0.481 e. The van der Waals surface area contributed by atoms with E-state index in [0.717, 1.165) is 0 Å². The second-order valence-electron chi connectivity index (χ2n) is 5.05. The van der Waals surface area contributed by atoms with Gasteiger partial charge in [-0.25, -0.2) is 0 Å². The molecule has 0 fully saturated rings. The quantitative estimate of drug-likeness (QED) is 0.798. The average molecular weight is 263 g/mol. The van der Waals surface area contributed by atoms with E-state index in [-0.39, 0.29) is 12.2 Å². The molecule has 0 radical (unpaired) electrons. The highest BCUT2D eigenvalue weighted by Crippen LogP contribution is 2.21. The molecular formula is C14H17NO4. The molecule has 0 aliphatic heterocycles. The van der Waals surface area contributed by atoms with Crippen LogP contribution in [-0.4, -0.2) is 22.8 Å². The molecule has 0 unspecified atom stereocenters. The van der Waals surface area contributed by atoms with Crippen LogP contribution in [0, 0.1) is 5.41 Å². The minimum atomic E-state index is -1.12. The van der Waals surface area contributed by atoms with Crippen molar-refractivity contribution in [2.75, 3.05) is 5.32 Å². The van der Waals surface area contributed by atoms with E-state index in [1.165, 1.54) is 20.8 Å². The lowest BCUT2D eigenvalue weighted by molar-refractivity contribution is -0.148. The molecule has 0 spiro atoms. The van der Waals surface area contributed by atoms with Gasteiger partial charge < -0.3 is 10.4 Å². The summed E-state index contributed by atoms with van der Waals surface area (Å²) in [5, 5.41) is 11.5. The van der Waals surface area contributed by atoms with E-state index >= 15 is 0 Å². The van der Waals surface area contributed by atoms with Gasteiger partial charge in [-0.15, -0.1) is 0 Å². The summed E-state index contributed by atoms with van der Waals surface area (Å²) in [5.41, 5.74) is -0.142. The summed E-state index contributed by atoms with van der Waals surface area (Å²) < 4.78 is 0. The molecule has 1 aromatic rings. The maximum Gasteiger partial charge on any atom is 0.309 e. The molecule has 1 amide bonds. The first-order valence-electron chi connectivity index (χ1n) is 5.86. The first-order chi connectivity index (χ1) is 8.72. The van der Waals surface area contributed by atoms with E-state index in [2.05, 4.69) is 5.32 Å². The van der Waals surface area contributed by atoms with Gasteiger partial charge in [-0.2, -0.15) is 0 Å². The smallest absolute Gasteiger partial charge is 0.309 e. The van der Waals surface area contributed by atoms with Crippen LogP contribution in [0.25, 0.3) is 0 Å². The monoisotopic (exact) mass is 263 g/mol. The van der Waals surface area contributed by atoms with E-state index in [9.17, 15) is 14.4 Å². The third-order valence-electron chi connectivity index (χ3n) is 2.73. The van der Waals surface area contributed by atoms with Gasteiger partial charge in [0.05, 0.1) is 5.41 Å². The Morgan fingerprint density at radius 1 is 1.26 bits per heavy atom. The molecule has 0 bridgehead atoms. The molecule has 1 aromatic carbocycles. The molecule has 1 rings (SSSR count).